The molecule has 0 amide bonds. The summed E-state index contributed by atoms with van der Waals surface area (Å²) in [6.45, 7) is 0. The number of aromatic nitrogens is 7. The highest BCUT2D eigenvalue weighted by Crippen LogP contribution is 2.66. The molecule has 0 saturated heterocycles. The van der Waals surface area contributed by atoms with Gasteiger partial charge in [-0.1, -0.05) is 340 Å². The molecule has 0 saturated carbocycles. The summed E-state index contributed by atoms with van der Waals surface area (Å²) in [5, 5.41) is 0. The summed E-state index contributed by atoms with van der Waals surface area (Å²) >= 11 is 0. The lowest BCUT2D eigenvalue weighted by molar-refractivity contribution is 0.438. The number of benzene rings is 15. The average molecular weight is 1430 g/mol. The first kappa shape index (κ1) is 64.3. The molecule has 112 heavy (non-hydrogen) atoms. The standard InChI is InChI=1S/C103H63N7O2/c1-3-27-64(28-4-1)68-31-23-33-71(61-68)97-105-98(108-99(107-97)81-41-9-7-35-73(81)79-43-25-50-89-94(79)111-92-53-20-19-49-87(92)102(89)83-45-15-11-37-75(83)76-38-12-16-46-84(76)102)72-34-24-32-69(62-72)65-54-56-66(57-55-65)70-58-59-88-93(63-70)112-95-80(44-26-51-90(95)103(88)85-47-17-13-39-77(85)78-40-14-18-48-86(78)103)74-36-8-10-42-82(74)100-106-96(67-29-5-2-6-30-67)109-101(110-100)91-52-21-22-60-104-91/h1-63H. The lowest BCUT2D eigenvalue weighted by Crippen LogP contribution is -2.32. The minimum atomic E-state index is -0.742. The Bertz CT molecular complexity index is 6690. The van der Waals surface area contributed by atoms with Gasteiger partial charge in [0.1, 0.15) is 28.7 Å². The first-order valence-corrected chi connectivity index (χ1v) is 37.8. The van der Waals surface area contributed by atoms with E-state index in [0.717, 1.165) is 129 Å². The van der Waals surface area contributed by atoms with Crippen LogP contribution in [0.15, 0.2) is 382 Å². The third kappa shape index (κ3) is 10.1. The van der Waals surface area contributed by atoms with Gasteiger partial charge in [0.15, 0.2) is 34.9 Å². The van der Waals surface area contributed by atoms with Crippen LogP contribution in [0.1, 0.15) is 44.5 Å². The molecule has 522 valence electrons. The molecule has 0 fully saturated rings. The predicted octanol–water partition coefficient (Wildman–Crippen LogP) is 24.7. The van der Waals surface area contributed by atoms with E-state index < -0.39 is 10.8 Å². The van der Waals surface area contributed by atoms with E-state index in [1.165, 1.54) is 44.5 Å². The summed E-state index contributed by atoms with van der Waals surface area (Å²) < 4.78 is 14.8. The Labute approximate surface area is 647 Å². The van der Waals surface area contributed by atoms with E-state index >= 15 is 0 Å². The Hall–Kier alpha value is -14.9. The number of fused-ring (bicyclic) bond motifs is 18. The summed E-state index contributed by atoms with van der Waals surface area (Å²) in [7, 11) is 0. The quantitative estimate of drug-likeness (QED) is 0.125. The van der Waals surface area contributed by atoms with Gasteiger partial charge in [0.2, 0.25) is 0 Å². The topological polar surface area (TPSA) is 109 Å². The number of hydrogen-bond donors (Lipinski definition) is 0. The SMILES string of the molecule is c1ccc(-c2cccc(-c3nc(-c4cccc(-c5ccc(-c6ccc7c(c6)Oc6c(-c8ccccc8-c8nc(-c9ccccc9)nc(-c9ccccn9)n8)cccc6C76c7ccccc7-c7ccccc76)cc5)c4)nc(-c4ccccc4-c4cccc5c4Oc4ccccc4C54c5ccccc5-c5ccccc54)n3)c2)cc1. The van der Waals surface area contributed by atoms with Gasteiger partial charge in [0.05, 0.1) is 10.8 Å². The van der Waals surface area contributed by atoms with Crippen molar-refractivity contribution in [1.29, 1.82) is 0 Å². The van der Waals surface area contributed by atoms with Crippen LogP contribution in [-0.2, 0) is 10.8 Å². The monoisotopic (exact) mass is 1430 g/mol. The van der Waals surface area contributed by atoms with Crippen molar-refractivity contribution in [2.24, 2.45) is 0 Å². The zero-order chi connectivity index (χ0) is 73.9. The normalized spacial score (nSPS) is 13.1. The zero-order valence-corrected chi connectivity index (χ0v) is 60.3. The maximum atomic E-state index is 7.58. The number of rotatable bonds is 11. The van der Waals surface area contributed by atoms with Gasteiger partial charge in [-0.15, -0.1) is 0 Å². The molecule has 18 aromatic rings. The highest BCUT2D eigenvalue weighted by atomic mass is 16.5. The highest BCUT2D eigenvalue weighted by Gasteiger charge is 2.53. The van der Waals surface area contributed by atoms with Crippen LogP contribution in [0.25, 0.3) is 146 Å². The van der Waals surface area contributed by atoms with E-state index in [9.17, 15) is 0 Å². The van der Waals surface area contributed by atoms with Gasteiger partial charge in [-0.2, -0.15) is 0 Å². The maximum Gasteiger partial charge on any atom is 0.182 e. The largest absolute Gasteiger partial charge is 0.456 e. The Kier molecular flexibility index (Phi) is 14.9. The predicted molar refractivity (Wildman–Crippen MR) is 446 cm³/mol. The molecule has 0 radical (unpaired) electrons. The Balaban J connectivity index is 0.649. The number of hydrogen-bond acceptors (Lipinski definition) is 9. The van der Waals surface area contributed by atoms with E-state index in [1.54, 1.807) is 6.20 Å². The first-order valence-electron chi connectivity index (χ1n) is 37.8. The van der Waals surface area contributed by atoms with Gasteiger partial charge in [0, 0.05) is 67.4 Å². The van der Waals surface area contributed by atoms with Crippen LogP contribution in [0.3, 0.4) is 0 Å². The van der Waals surface area contributed by atoms with E-state index in [2.05, 4.69) is 315 Å². The summed E-state index contributed by atoms with van der Waals surface area (Å²) in [4.78, 5) is 36.5. The molecule has 4 aliphatic rings. The molecule has 0 N–H and O–H groups in total. The molecule has 5 heterocycles. The smallest absolute Gasteiger partial charge is 0.182 e. The van der Waals surface area contributed by atoms with Crippen molar-refractivity contribution >= 4 is 0 Å². The van der Waals surface area contributed by atoms with Crippen LogP contribution in [0.2, 0.25) is 0 Å². The van der Waals surface area contributed by atoms with E-state index in [4.69, 9.17) is 44.4 Å². The average Bonchev–Trinajstić information content (AvgIpc) is 1.52. The van der Waals surface area contributed by atoms with Gasteiger partial charge in [-0.3, -0.25) is 4.98 Å². The van der Waals surface area contributed by atoms with Crippen molar-refractivity contribution in [2.45, 2.75) is 10.8 Å². The van der Waals surface area contributed by atoms with Crippen LogP contribution in [0.5, 0.6) is 23.0 Å². The fourth-order valence-electron chi connectivity index (χ4n) is 18.0. The van der Waals surface area contributed by atoms with Crippen molar-refractivity contribution in [1.82, 2.24) is 34.9 Å². The fraction of sp³-hybridized carbons (Fsp3) is 0.0194. The molecule has 15 aromatic carbocycles. The minimum Gasteiger partial charge on any atom is -0.456 e. The van der Waals surface area contributed by atoms with Crippen molar-refractivity contribution in [2.75, 3.05) is 0 Å². The van der Waals surface area contributed by atoms with Crippen LogP contribution in [0, 0.1) is 0 Å². The molecular weight excluding hydrogens is 1370 g/mol. The fourth-order valence-corrected chi connectivity index (χ4v) is 18.0. The molecule has 9 nitrogen and oxygen atoms in total. The maximum absolute atomic E-state index is 7.58. The van der Waals surface area contributed by atoms with E-state index in [1.807, 2.05) is 60.7 Å². The minimum absolute atomic E-state index is 0.483. The van der Waals surface area contributed by atoms with Crippen LogP contribution in [0.4, 0.5) is 0 Å². The summed E-state index contributed by atoms with van der Waals surface area (Å²) in [5.74, 6) is 6.34. The number of pyridine rings is 1. The number of nitrogens with zero attached hydrogens (tertiary/aromatic N) is 7. The van der Waals surface area contributed by atoms with E-state index in [0.29, 0.717) is 40.6 Å². The second-order valence-electron chi connectivity index (χ2n) is 28.8. The second-order valence-corrected chi connectivity index (χ2v) is 28.8. The van der Waals surface area contributed by atoms with Crippen LogP contribution < -0.4 is 9.47 Å². The molecular formula is C103H63N7O2. The molecule has 0 unspecified atom stereocenters. The molecule has 2 aliphatic carbocycles. The lowest BCUT2D eigenvalue weighted by atomic mass is 9.65. The second kappa shape index (κ2) is 25.9. The number of para-hydroxylation sites is 3. The first-order chi connectivity index (χ1) is 55.5. The molecule has 22 rings (SSSR count). The molecule has 9 heteroatoms. The Morgan fingerprint density at radius 1 is 0.179 bits per heavy atom. The van der Waals surface area contributed by atoms with Gasteiger partial charge in [0.25, 0.3) is 0 Å². The summed E-state index contributed by atoms with van der Waals surface area (Å²) in [6, 6.07) is 133. The molecule has 2 aliphatic heterocycles. The highest BCUT2D eigenvalue weighted by molar-refractivity contribution is 5.96. The van der Waals surface area contributed by atoms with Gasteiger partial charge in [-0.05, 0) is 125 Å². The Morgan fingerprint density at radius 2 is 0.500 bits per heavy atom. The Morgan fingerprint density at radius 3 is 1.00 bits per heavy atom. The summed E-state index contributed by atoms with van der Waals surface area (Å²) in [5.41, 5.74) is 27.5. The zero-order valence-electron chi connectivity index (χ0n) is 60.3. The van der Waals surface area contributed by atoms with Crippen molar-refractivity contribution in [3.63, 3.8) is 0 Å². The summed E-state index contributed by atoms with van der Waals surface area (Å²) in [6.07, 6.45) is 1.77. The van der Waals surface area contributed by atoms with Gasteiger partial charge >= 0.3 is 0 Å². The molecule has 2 spiro atoms. The lowest BCUT2D eigenvalue weighted by Gasteiger charge is -2.40. The van der Waals surface area contributed by atoms with E-state index in [-0.39, 0.29) is 0 Å². The van der Waals surface area contributed by atoms with Crippen molar-refractivity contribution < 1.29 is 9.47 Å². The van der Waals surface area contributed by atoms with Crippen molar-refractivity contribution in [3.05, 3.63) is 427 Å². The van der Waals surface area contributed by atoms with Gasteiger partial charge in [-0.25, -0.2) is 29.9 Å². The molecule has 3 aromatic heterocycles. The molecule has 0 atom stereocenters. The third-order valence-corrected chi connectivity index (χ3v) is 22.9. The van der Waals surface area contributed by atoms with Crippen molar-refractivity contribution in [3.8, 4) is 169 Å². The molecule has 0 bridgehead atoms. The van der Waals surface area contributed by atoms with Gasteiger partial charge < -0.3 is 9.47 Å². The third-order valence-electron chi connectivity index (χ3n) is 22.9. The number of ether oxygens (including phenoxy) is 2. The van der Waals surface area contributed by atoms with Crippen LogP contribution in [-0.4, -0.2) is 34.9 Å². The van der Waals surface area contributed by atoms with Crippen LogP contribution >= 0.6 is 0 Å².